The summed E-state index contributed by atoms with van der Waals surface area (Å²) in [6.07, 6.45) is 0.142. The molecule has 0 aromatic heterocycles. The first kappa shape index (κ1) is 22.7. The maximum atomic E-state index is 13.3. The molecule has 0 fully saturated rings. The fraction of sp³-hybridized carbons (Fsp3) is 0.292. The zero-order valence-corrected chi connectivity index (χ0v) is 19.5. The maximum Gasteiger partial charge on any atom is 0.322 e. The molecule has 2 aromatic rings. The van der Waals surface area contributed by atoms with Gasteiger partial charge in [0.05, 0.1) is 23.9 Å². The fourth-order valence-electron chi connectivity index (χ4n) is 4.05. The molecule has 2 aliphatic heterocycles. The lowest BCUT2D eigenvalue weighted by Gasteiger charge is -2.31. The third-order valence-electron chi connectivity index (χ3n) is 5.93. The first-order chi connectivity index (χ1) is 15.8. The monoisotopic (exact) mass is 467 g/mol. The molecule has 0 saturated carbocycles. The summed E-state index contributed by atoms with van der Waals surface area (Å²) in [5.74, 6) is -0.389. The standard InChI is InChI=1S/C24H26ClN5O3/c1-28(2)16-10-8-15(9-11-16)26-20(31)12-13-30-14-19-21(23(30)32)22(27-24(33)29(19)3)17-6-4-5-7-18(17)25/h4-11,22H,12-14H2,1-3H3,(H,26,31)(H,27,33). The Balaban J connectivity index is 1.44. The van der Waals surface area contributed by atoms with Crippen LogP contribution in [0.1, 0.15) is 18.0 Å². The van der Waals surface area contributed by atoms with Crippen LogP contribution < -0.4 is 15.5 Å². The highest BCUT2D eigenvalue weighted by Crippen LogP contribution is 2.37. The number of carbonyl (C=O) groups excluding carboxylic acids is 3. The first-order valence-electron chi connectivity index (χ1n) is 10.6. The molecule has 8 nitrogen and oxygen atoms in total. The molecule has 0 aliphatic carbocycles. The minimum atomic E-state index is -0.626. The van der Waals surface area contributed by atoms with Crippen LogP contribution in [-0.4, -0.2) is 61.9 Å². The number of nitrogens with one attached hydrogen (secondary N) is 2. The summed E-state index contributed by atoms with van der Waals surface area (Å²) in [6, 6.07) is 13.8. The number of amides is 4. The van der Waals surface area contributed by atoms with E-state index in [0.717, 1.165) is 5.69 Å². The number of likely N-dealkylation sites (N-methyl/N-ethyl adjacent to an activating group) is 1. The van der Waals surface area contributed by atoms with Crippen molar-refractivity contribution in [2.45, 2.75) is 12.5 Å². The van der Waals surface area contributed by atoms with Gasteiger partial charge in [0.25, 0.3) is 5.91 Å². The SMILES string of the molecule is CN1C(=O)NC(c2ccccc2Cl)C2=C1CN(CCC(=O)Nc1ccc(N(C)C)cc1)C2=O. The molecule has 2 heterocycles. The second-order valence-electron chi connectivity index (χ2n) is 8.29. The number of rotatable bonds is 6. The highest BCUT2D eigenvalue weighted by atomic mass is 35.5. The Kier molecular flexibility index (Phi) is 6.29. The zero-order chi connectivity index (χ0) is 23.7. The average Bonchev–Trinajstić information content (AvgIpc) is 3.12. The predicted molar refractivity (Wildman–Crippen MR) is 128 cm³/mol. The van der Waals surface area contributed by atoms with Crippen LogP contribution in [0.5, 0.6) is 0 Å². The number of halogens is 1. The van der Waals surface area contributed by atoms with Crippen molar-refractivity contribution in [3.63, 3.8) is 0 Å². The lowest BCUT2D eigenvalue weighted by molar-refractivity contribution is -0.126. The van der Waals surface area contributed by atoms with Crippen molar-refractivity contribution in [2.75, 3.05) is 44.4 Å². The van der Waals surface area contributed by atoms with Crippen molar-refractivity contribution in [1.82, 2.24) is 15.1 Å². The Morgan fingerprint density at radius 2 is 1.85 bits per heavy atom. The van der Waals surface area contributed by atoms with Gasteiger partial charge in [0.15, 0.2) is 0 Å². The number of hydrogen-bond acceptors (Lipinski definition) is 4. The van der Waals surface area contributed by atoms with Crippen molar-refractivity contribution in [2.24, 2.45) is 0 Å². The van der Waals surface area contributed by atoms with Crippen LogP contribution in [0.15, 0.2) is 59.8 Å². The number of anilines is 2. The minimum Gasteiger partial charge on any atom is -0.378 e. The molecule has 0 radical (unpaired) electrons. The van der Waals surface area contributed by atoms with Crippen LogP contribution in [-0.2, 0) is 9.59 Å². The Bertz CT molecular complexity index is 1130. The Morgan fingerprint density at radius 3 is 2.52 bits per heavy atom. The van der Waals surface area contributed by atoms with Crippen LogP contribution in [0.3, 0.4) is 0 Å². The lowest BCUT2D eigenvalue weighted by Crippen LogP contribution is -2.45. The maximum absolute atomic E-state index is 13.3. The van der Waals surface area contributed by atoms with Crippen LogP contribution >= 0.6 is 11.6 Å². The minimum absolute atomic E-state index is 0.142. The lowest BCUT2D eigenvalue weighted by atomic mass is 9.95. The van der Waals surface area contributed by atoms with Gasteiger partial charge in [0.1, 0.15) is 0 Å². The van der Waals surface area contributed by atoms with E-state index in [1.54, 1.807) is 30.1 Å². The van der Waals surface area contributed by atoms with E-state index < -0.39 is 6.04 Å². The number of hydrogen-bond donors (Lipinski definition) is 2. The molecule has 4 rings (SSSR count). The summed E-state index contributed by atoms with van der Waals surface area (Å²) in [7, 11) is 5.53. The van der Waals surface area contributed by atoms with Gasteiger partial charge in [-0.1, -0.05) is 29.8 Å². The molecule has 2 aromatic carbocycles. The highest BCUT2D eigenvalue weighted by Gasteiger charge is 2.43. The van der Waals surface area contributed by atoms with Crippen LogP contribution in [0.4, 0.5) is 16.2 Å². The fourth-order valence-corrected chi connectivity index (χ4v) is 4.29. The molecule has 1 unspecified atom stereocenters. The highest BCUT2D eigenvalue weighted by molar-refractivity contribution is 6.31. The Morgan fingerprint density at radius 1 is 1.15 bits per heavy atom. The van der Waals surface area contributed by atoms with Crippen molar-refractivity contribution in [3.05, 3.63) is 70.4 Å². The van der Waals surface area contributed by atoms with Gasteiger partial charge in [-0.15, -0.1) is 0 Å². The Labute approximate surface area is 197 Å². The predicted octanol–water partition coefficient (Wildman–Crippen LogP) is 3.23. The van der Waals surface area contributed by atoms with Gasteiger partial charge < -0.3 is 20.4 Å². The van der Waals surface area contributed by atoms with Gasteiger partial charge in [-0.3, -0.25) is 14.5 Å². The summed E-state index contributed by atoms with van der Waals surface area (Å²) >= 11 is 6.35. The van der Waals surface area contributed by atoms with E-state index in [4.69, 9.17) is 11.6 Å². The summed E-state index contributed by atoms with van der Waals surface area (Å²) in [6.45, 7) is 0.509. The van der Waals surface area contributed by atoms with Crippen molar-refractivity contribution in [3.8, 4) is 0 Å². The normalized spacial score (nSPS) is 17.8. The molecule has 172 valence electrons. The second kappa shape index (κ2) is 9.15. The molecule has 2 N–H and O–H groups in total. The number of carbonyl (C=O) groups is 3. The summed E-state index contributed by atoms with van der Waals surface area (Å²) in [5.41, 5.74) is 3.53. The van der Waals surface area contributed by atoms with Crippen molar-refractivity contribution in [1.29, 1.82) is 0 Å². The van der Waals surface area contributed by atoms with E-state index in [0.29, 0.717) is 27.5 Å². The Hall–Kier alpha value is -3.52. The third kappa shape index (κ3) is 4.52. The van der Waals surface area contributed by atoms with E-state index >= 15 is 0 Å². The topological polar surface area (TPSA) is 85.0 Å². The van der Waals surface area contributed by atoms with Gasteiger partial charge in [-0.2, -0.15) is 0 Å². The van der Waals surface area contributed by atoms with Gasteiger partial charge in [0.2, 0.25) is 5.91 Å². The van der Waals surface area contributed by atoms with Crippen LogP contribution in [0, 0.1) is 0 Å². The number of nitrogens with zero attached hydrogens (tertiary/aromatic N) is 3. The summed E-state index contributed by atoms with van der Waals surface area (Å²) in [4.78, 5) is 43.3. The van der Waals surface area contributed by atoms with E-state index in [9.17, 15) is 14.4 Å². The number of benzene rings is 2. The third-order valence-corrected chi connectivity index (χ3v) is 6.27. The average molecular weight is 468 g/mol. The molecule has 1 atom stereocenters. The molecular formula is C24H26ClN5O3. The second-order valence-corrected chi connectivity index (χ2v) is 8.70. The molecule has 4 amide bonds. The van der Waals surface area contributed by atoms with E-state index in [1.807, 2.05) is 49.3 Å². The molecular weight excluding hydrogens is 442 g/mol. The van der Waals surface area contributed by atoms with E-state index in [1.165, 1.54) is 4.90 Å². The zero-order valence-electron chi connectivity index (χ0n) is 18.8. The van der Waals surface area contributed by atoms with Gasteiger partial charge in [-0.05, 0) is 35.9 Å². The van der Waals surface area contributed by atoms with Gasteiger partial charge in [0, 0.05) is 50.5 Å². The molecule has 0 spiro atoms. The van der Waals surface area contributed by atoms with Gasteiger partial charge in [-0.25, -0.2) is 4.79 Å². The largest absolute Gasteiger partial charge is 0.378 e. The van der Waals surface area contributed by atoms with Crippen molar-refractivity contribution >= 4 is 40.8 Å². The number of urea groups is 1. The molecule has 0 saturated heterocycles. The van der Waals surface area contributed by atoms with Crippen LogP contribution in [0.2, 0.25) is 5.02 Å². The summed E-state index contributed by atoms with van der Waals surface area (Å²) in [5, 5.41) is 6.21. The quantitative estimate of drug-likeness (QED) is 0.683. The molecule has 2 aliphatic rings. The van der Waals surface area contributed by atoms with E-state index in [2.05, 4.69) is 10.6 Å². The first-order valence-corrected chi connectivity index (χ1v) is 11.0. The van der Waals surface area contributed by atoms with E-state index in [-0.39, 0.29) is 37.4 Å². The molecule has 33 heavy (non-hydrogen) atoms. The van der Waals surface area contributed by atoms with Crippen LogP contribution in [0.25, 0.3) is 0 Å². The molecule has 0 bridgehead atoms. The van der Waals surface area contributed by atoms with Gasteiger partial charge >= 0.3 is 6.03 Å². The van der Waals surface area contributed by atoms with Crippen molar-refractivity contribution < 1.29 is 14.4 Å². The smallest absolute Gasteiger partial charge is 0.322 e. The molecule has 9 heteroatoms. The summed E-state index contributed by atoms with van der Waals surface area (Å²) < 4.78 is 0.